The molecule has 5 unspecified atom stereocenters. The van der Waals surface area contributed by atoms with Crippen molar-refractivity contribution in [2.75, 3.05) is 6.61 Å². The van der Waals surface area contributed by atoms with E-state index in [1.54, 1.807) is 0 Å². The highest BCUT2D eigenvalue weighted by atomic mass is 16.5. The SMILES string of the molecule is CCC(CO)NC(=O)C1C(C)OC(C)C1C. The van der Waals surface area contributed by atoms with Gasteiger partial charge >= 0.3 is 0 Å². The van der Waals surface area contributed by atoms with E-state index in [1.165, 1.54) is 0 Å². The molecule has 5 atom stereocenters. The monoisotopic (exact) mass is 229 g/mol. The topological polar surface area (TPSA) is 58.6 Å². The van der Waals surface area contributed by atoms with Crippen LogP contribution in [0.3, 0.4) is 0 Å². The predicted molar refractivity (Wildman–Crippen MR) is 62.0 cm³/mol. The third kappa shape index (κ3) is 2.74. The van der Waals surface area contributed by atoms with E-state index in [2.05, 4.69) is 5.32 Å². The highest BCUT2D eigenvalue weighted by Crippen LogP contribution is 2.32. The zero-order valence-electron chi connectivity index (χ0n) is 10.6. The molecule has 1 rings (SSSR count). The average Bonchev–Trinajstić information content (AvgIpc) is 2.49. The molecule has 2 N–H and O–H groups in total. The minimum atomic E-state index is -0.136. The molecule has 1 fully saturated rings. The molecule has 94 valence electrons. The Hall–Kier alpha value is -0.610. The number of carbonyl (C=O) groups is 1. The fraction of sp³-hybridized carbons (Fsp3) is 0.917. The Morgan fingerprint density at radius 2 is 2.00 bits per heavy atom. The Kier molecular flexibility index (Phi) is 4.74. The van der Waals surface area contributed by atoms with Gasteiger partial charge in [0.25, 0.3) is 0 Å². The Morgan fingerprint density at radius 1 is 1.38 bits per heavy atom. The lowest BCUT2D eigenvalue weighted by Gasteiger charge is -2.21. The summed E-state index contributed by atoms with van der Waals surface area (Å²) in [5.74, 6) is 0.132. The van der Waals surface area contributed by atoms with E-state index in [9.17, 15) is 4.79 Å². The number of hydrogen-bond donors (Lipinski definition) is 2. The lowest BCUT2D eigenvalue weighted by molar-refractivity contribution is -0.128. The summed E-state index contributed by atoms with van der Waals surface area (Å²) in [6.07, 6.45) is 0.829. The minimum absolute atomic E-state index is 0.00486. The van der Waals surface area contributed by atoms with Crippen LogP contribution in [0.1, 0.15) is 34.1 Å². The molecule has 0 spiro atoms. The van der Waals surface area contributed by atoms with Crippen molar-refractivity contribution in [3.05, 3.63) is 0 Å². The van der Waals surface area contributed by atoms with Crippen molar-refractivity contribution in [1.82, 2.24) is 5.32 Å². The average molecular weight is 229 g/mol. The van der Waals surface area contributed by atoms with Crippen LogP contribution in [0.4, 0.5) is 0 Å². The summed E-state index contributed by atoms with van der Waals surface area (Å²) < 4.78 is 5.63. The third-order valence-electron chi connectivity index (χ3n) is 3.60. The second kappa shape index (κ2) is 5.64. The second-order valence-electron chi connectivity index (χ2n) is 4.73. The number of carbonyl (C=O) groups excluding carboxylic acids is 1. The Morgan fingerprint density at radius 3 is 2.38 bits per heavy atom. The van der Waals surface area contributed by atoms with Crippen molar-refractivity contribution in [1.29, 1.82) is 0 Å². The van der Waals surface area contributed by atoms with Gasteiger partial charge in [-0.05, 0) is 26.2 Å². The molecule has 0 radical (unpaired) electrons. The molecule has 0 bridgehead atoms. The zero-order valence-corrected chi connectivity index (χ0v) is 10.6. The van der Waals surface area contributed by atoms with Crippen LogP contribution in [0, 0.1) is 11.8 Å². The van der Waals surface area contributed by atoms with Gasteiger partial charge in [0.15, 0.2) is 0 Å². The first-order valence-corrected chi connectivity index (χ1v) is 6.07. The largest absolute Gasteiger partial charge is 0.394 e. The van der Waals surface area contributed by atoms with E-state index >= 15 is 0 Å². The molecule has 4 heteroatoms. The number of ether oxygens (including phenoxy) is 1. The van der Waals surface area contributed by atoms with Crippen molar-refractivity contribution in [3.63, 3.8) is 0 Å². The van der Waals surface area contributed by atoms with Crippen LogP contribution in [-0.2, 0) is 9.53 Å². The van der Waals surface area contributed by atoms with Crippen LogP contribution in [0.25, 0.3) is 0 Å². The fourth-order valence-corrected chi connectivity index (χ4v) is 2.29. The van der Waals surface area contributed by atoms with E-state index in [4.69, 9.17) is 9.84 Å². The number of hydrogen-bond acceptors (Lipinski definition) is 3. The number of rotatable bonds is 4. The summed E-state index contributed by atoms with van der Waals surface area (Å²) in [7, 11) is 0. The first-order chi connectivity index (χ1) is 7.51. The molecule has 1 aliphatic heterocycles. The van der Waals surface area contributed by atoms with Crippen molar-refractivity contribution in [2.45, 2.75) is 52.4 Å². The van der Waals surface area contributed by atoms with Gasteiger partial charge in [-0.3, -0.25) is 4.79 Å². The maximum Gasteiger partial charge on any atom is 0.226 e. The van der Waals surface area contributed by atoms with Gasteiger partial charge in [-0.2, -0.15) is 0 Å². The predicted octanol–water partition coefficient (Wildman–Crippen LogP) is 0.933. The van der Waals surface area contributed by atoms with Gasteiger partial charge < -0.3 is 15.2 Å². The molecule has 0 aromatic rings. The summed E-state index contributed by atoms with van der Waals surface area (Å²) in [5, 5.41) is 11.9. The number of aliphatic hydroxyl groups is 1. The maximum atomic E-state index is 12.0. The number of amides is 1. The van der Waals surface area contributed by atoms with Crippen molar-refractivity contribution in [2.24, 2.45) is 11.8 Å². The first-order valence-electron chi connectivity index (χ1n) is 6.07. The van der Waals surface area contributed by atoms with Gasteiger partial charge in [0.2, 0.25) is 5.91 Å². The smallest absolute Gasteiger partial charge is 0.226 e. The summed E-state index contributed by atoms with van der Waals surface area (Å²) in [5.41, 5.74) is 0. The van der Waals surface area contributed by atoms with Gasteiger partial charge in [-0.15, -0.1) is 0 Å². The van der Waals surface area contributed by atoms with Crippen LogP contribution < -0.4 is 5.32 Å². The van der Waals surface area contributed by atoms with E-state index in [1.807, 2.05) is 27.7 Å². The third-order valence-corrected chi connectivity index (χ3v) is 3.60. The molecule has 16 heavy (non-hydrogen) atoms. The van der Waals surface area contributed by atoms with E-state index < -0.39 is 0 Å². The summed E-state index contributed by atoms with van der Waals surface area (Å²) in [6, 6.07) is -0.136. The maximum absolute atomic E-state index is 12.0. The van der Waals surface area contributed by atoms with E-state index in [0.29, 0.717) is 0 Å². The molecule has 4 nitrogen and oxygen atoms in total. The Balaban J connectivity index is 2.59. The molecule has 1 saturated heterocycles. The molecule has 0 aromatic heterocycles. The standard InChI is InChI=1S/C12H23NO3/c1-5-10(6-14)13-12(15)11-7(2)8(3)16-9(11)4/h7-11,14H,5-6H2,1-4H3,(H,13,15). The zero-order chi connectivity index (χ0) is 12.3. The van der Waals surface area contributed by atoms with Gasteiger partial charge in [0.1, 0.15) is 0 Å². The summed E-state index contributed by atoms with van der Waals surface area (Å²) in [6.45, 7) is 7.91. The van der Waals surface area contributed by atoms with Gasteiger partial charge in [0, 0.05) is 0 Å². The molecular weight excluding hydrogens is 206 g/mol. The van der Waals surface area contributed by atoms with Crippen molar-refractivity contribution < 1.29 is 14.6 Å². The van der Waals surface area contributed by atoms with Crippen LogP contribution in [0.5, 0.6) is 0 Å². The molecule has 0 aliphatic carbocycles. The van der Waals surface area contributed by atoms with Crippen molar-refractivity contribution in [3.8, 4) is 0 Å². The molecule has 1 amide bonds. The quantitative estimate of drug-likeness (QED) is 0.754. The lowest BCUT2D eigenvalue weighted by atomic mass is 9.88. The number of aliphatic hydroxyl groups excluding tert-OH is 1. The molecule has 1 heterocycles. The van der Waals surface area contributed by atoms with Gasteiger partial charge in [0.05, 0.1) is 30.8 Å². The normalized spacial score (nSPS) is 36.1. The second-order valence-corrected chi connectivity index (χ2v) is 4.73. The van der Waals surface area contributed by atoms with Crippen molar-refractivity contribution >= 4 is 5.91 Å². The highest BCUT2D eigenvalue weighted by molar-refractivity contribution is 5.80. The van der Waals surface area contributed by atoms with E-state index in [0.717, 1.165) is 6.42 Å². The van der Waals surface area contributed by atoms with Crippen LogP contribution in [0.15, 0.2) is 0 Å². The number of nitrogens with one attached hydrogen (secondary N) is 1. The lowest BCUT2D eigenvalue weighted by Crippen LogP contribution is -2.44. The van der Waals surface area contributed by atoms with Crippen LogP contribution in [0.2, 0.25) is 0 Å². The summed E-state index contributed by atoms with van der Waals surface area (Å²) >= 11 is 0. The first kappa shape index (κ1) is 13.5. The molecule has 1 aliphatic rings. The highest BCUT2D eigenvalue weighted by Gasteiger charge is 2.41. The minimum Gasteiger partial charge on any atom is -0.394 e. The van der Waals surface area contributed by atoms with E-state index in [-0.39, 0.29) is 42.6 Å². The molecular formula is C12H23NO3. The Labute approximate surface area is 97.4 Å². The molecule has 0 saturated carbocycles. The van der Waals surface area contributed by atoms with Gasteiger partial charge in [-0.25, -0.2) is 0 Å². The molecule has 0 aromatic carbocycles. The Bertz CT molecular complexity index is 240. The van der Waals surface area contributed by atoms with Crippen LogP contribution >= 0.6 is 0 Å². The fourth-order valence-electron chi connectivity index (χ4n) is 2.29. The van der Waals surface area contributed by atoms with Gasteiger partial charge in [-0.1, -0.05) is 13.8 Å². The van der Waals surface area contributed by atoms with Crippen LogP contribution in [-0.4, -0.2) is 35.9 Å². The summed E-state index contributed by atoms with van der Waals surface area (Å²) in [4.78, 5) is 12.0.